The van der Waals surface area contributed by atoms with Crippen LogP contribution in [0.3, 0.4) is 0 Å². The van der Waals surface area contributed by atoms with Gasteiger partial charge < -0.3 is 5.73 Å². The smallest absolute Gasteiger partial charge is 0.274 e. The van der Waals surface area contributed by atoms with Gasteiger partial charge in [-0.2, -0.15) is 15.6 Å². The molecule has 0 aliphatic heterocycles. The van der Waals surface area contributed by atoms with Gasteiger partial charge in [0.1, 0.15) is 0 Å². The second kappa shape index (κ2) is 6.51. The van der Waals surface area contributed by atoms with Gasteiger partial charge in [-0.3, -0.25) is 9.59 Å². The summed E-state index contributed by atoms with van der Waals surface area (Å²) in [4.78, 5) is 23.9. The fraction of sp³-hybridized carbons (Fsp3) is 0.267. The summed E-state index contributed by atoms with van der Waals surface area (Å²) in [6.07, 6.45) is 0.545. The summed E-state index contributed by atoms with van der Waals surface area (Å²) in [5.41, 5.74) is 4.92. The minimum absolute atomic E-state index is 0.00725. The van der Waals surface area contributed by atoms with Gasteiger partial charge in [0.25, 0.3) is 11.5 Å². The average molecular weight is 295 g/mol. The summed E-state index contributed by atoms with van der Waals surface area (Å²) in [5, 5.41) is 22.4. The first-order valence-corrected chi connectivity index (χ1v) is 6.64. The number of benzene rings is 1. The number of carbonyl (C=O) groups excluding carboxylic acids is 1. The number of primary amides is 1. The highest BCUT2D eigenvalue weighted by molar-refractivity contribution is 6.03. The van der Waals surface area contributed by atoms with Crippen LogP contribution in [0.1, 0.15) is 23.3 Å². The lowest BCUT2D eigenvalue weighted by molar-refractivity contribution is 0.0995. The molecule has 0 unspecified atom stereocenters. The normalized spacial score (nSPS) is 11.5. The Morgan fingerprint density at radius 3 is 2.59 bits per heavy atom. The molecular formula is C15H13N5O2. The van der Waals surface area contributed by atoms with Crippen molar-refractivity contribution < 1.29 is 4.79 Å². The Labute approximate surface area is 126 Å². The van der Waals surface area contributed by atoms with Crippen molar-refractivity contribution in [3.05, 3.63) is 40.3 Å². The van der Waals surface area contributed by atoms with Crippen molar-refractivity contribution in [2.24, 2.45) is 11.7 Å². The standard InChI is InChI=1S/C15H13N5O2/c16-7-3-4-10(8-17)9-20-15(22)12-6-2-1-5-11(12)13(19-20)14(18)21/h1-2,5-6,10H,3-4,9H2,(H2,18,21)/t10-/m0/s1. The maximum absolute atomic E-state index is 12.4. The monoisotopic (exact) mass is 295 g/mol. The number of rotatable bonds is 5. The Hall–Kier alpha value is -3.19. The van der Waals surface area contributed by atoms with Crippen molar-refractivity contribution in [2.45, 2.75) is 19.4 Å². The van der Waals surface area contributed by atoms with Crippen molar-refractivity contribution in [3.63, 3.8) is 0 Å². The molecule has 2 aromatic rings. The Morgan fingerprint density at radius 1 is 1.32 bits per heavy atom. The molecule has 1 heterocycles. The van der Waals surface area contributed by atoms with Crippen molar-refractivity contribution in [2.75, 3.05) is 0 Å². The number of carbonyl (C=O) groups is 1. The zero-order valence-electron chi connectivity index (χ0n) is 11.7. The van der Waals surface area contributed by atoms with Gasteiger partial charge >= 0.3 is 0 Å². The molecule has 0 saturated carbocycles. The average Bonchev–Trinajstić information content (AvgIpc) is 2.53. The van der Waals surface area contributed by atoms with E-state index in [0.29, 0.717) is 17.2 Å². The van der Waals surface area contributed by atoms with Crippen molar-refractivity contribution in [3.8, 4) is 12.1 Å². The van der Waals surface area contributed by atoms with Gasteiger partial charge in [-0.15, -0.1) is 0 Å². The van der Waals surface area contributed by atoms with Crippen LogP contribution in [0.25, 0.3) is 10.8 Å². The van der Waals surface area contributed by atoms with Crippen molar-refractivity contribution in [1.82, 2.24) is 9.78 Å². The summed E-state index contributed by atoms with van der Waals surface area (Å²) in [7, 11) is 0. The maximum Gasteiger partial charge on any atom is 0.274 e. The SMILES string of the molecule is N#CCC[C@@H](C#N)Cn1nc(C(N)=O)c2ccccc2c1=O. The molecule has 0 aliphatic carbocycles. The zero-order chi connectivity index (χ0) is 16.1. The van der Waals surface area contributed by atoms with Crippen LogP contribution in [0.5, 0.6) is 0 Å². The van der Waals surface area contributed by atoms with Gasteiger partial charge in [-0.1, -0.05) is 18.2 Å². The van der Waals surface area contributed by atoms with E-state index in [2.05, 4.69) is 5.10 Å². The molecule has 7 nitrogen and oxygen atoms in total. The first kappa shape index (κ1) is 15.2. The Balaban J connectivity index is 2.53. The van der Waals surface area contributed by atoms with E-state index in [0.717, 1.165) is 4.68 Å². The van der Waals surface area contributed by atoms with Crippen LogP contribution >= 0.6 is 0 Å². The van der Waals surface area contributed by atoms with E-state index in [1.54, 1.807) is 24.3 Å². The molecule has 0 fully saturated rings. The summed E-state index contributed by atoms with van der Waals surface area (Å²) < 4.78 is 1.08. The molecule has 22 heavy (non-hydrogen) atoms. The van der Waals surface area contributed by atoms with E-state index in [4.69, 9.17) is 16.3 Å². The first-order valence-electron chi connectivity index (χ1n) is 6.64. The van der Waals surface area contributed by atoms with Gasteiger partial charge in [0.2, 0.25) is 0 Å². The topological polar surface area (TPSA) is 126 Å². The van der Waals surface area contributed by atoms with Crippen LogP contribution in [0, 0.1) is 28.6 Å². The Bertz CT molecular complexity index is 857. The van der Waals surface area contributed by atoms with Crippen LogP contribution in [0.15, 0.2) is 29.1 Å². The molecule has 0 spiro atoms. The predicted molar refractivity (Wildman–Crippen MR) is 78.5 cm³/mol. The van der Waals surface area contributed by atoms with E-state index in [-0.39, 0.29) is 18.7 Å². The van der Waals surface area contributed by atoms with E-state index in [1.165, 1.54) is 0 Å². The lowest BCUT2D eigenvalue weighted by Crippen LogP contribution is -2.30. The molecule has 0 saturated heterocycles. The number of nitrogens with zero attached hydrogens (tertiary/aromatic N) is 4. The van der Waals surface area contributed by atoms with Crippen molar-refractivity contribution >= 4 is 16.7 Å². The third kappa shape index (κ3) is 2.94. The zero-order valence-corrected chi connectivity index (χ0v) is 11.7. The highest BCUT2D eigenvalue weighted by atomic mass is 16.1. The van der Waals surface area contributed by atoms with Crippen LogP contribution < -0.4 is 11.3 Å². The second-order valence-electron chi connectivity index (χ2n) is 4.77. The largest absolute Gasteiger partial charge is 0.364 e. The quantitative estimate of drug-likeness (QED) is 0.878. The van der Waals surface area contributed by atoms with E-state index in [9.17, 15) is 9.59 Å². The predicted octanol–water partition coefficient (Wildman–Crippen LogP) is 0.939. The minimum atomic E-state index is -0.740. The number of hydrogen-bond acceptors (Lipinski definition) is 5. The molecule has 1 aromatic heterocycles. The number of amides is 1. The molecule has 1 amide bonds. The first-order chi connectivity index (χ1) is 10.6. The minimum Gasteiger partial charge on any atom is -0.364 e. The summed E-state index contributed by atoms with van der Waals surface area (Å²) in [5.74, 6) is -1.28. The molecule has 2 N–H and O–H groups in total. The summed E-state index contributed by atoms with van der Waals surface area (Å²) in [6, 6.07) is 10.5. The van der Waals surface area contributed by atoms with Gasteiger partial charge in [0, 0.05) is 11.8 Å². The number of aromatic nitrogens is 2. The molecule has 1 atom stereocenters. The highest BCUT2D eigenvalue weighted by Crippen LogP contribution is 2.14. The van der Waals surface area contributed by atoms with E-state index in [1.807, 2.05) is 12.1 Å². The van der Waals surface area contributed by atoms with E-state index >= 15 is 0 Å². The number of fused-ring (bicyclic) bond motifs is 1. The lowest BCUT2D eigenvalue weighted by Gasteiger charge is -2.11. The molecule has 0 bridgehead atoms. The van der Waals surface area contributed by atoms with Gasteiger partial charge in [-0.05, 0) is 12.5 Å². The molecular weight excluding hydrogens is 282 g/mol. The third-order valence-corrected chi connectivity index (χ3v) is 3.28. The van der Waals surface area contributed by atoms with Gasteiger partial charge in [-0.25, -0.2) is 4.68 Å². The molecule has 7 heteroatoms. The molecule has 0 aliphatic rings. The summed E-state index contributed by atoms with van der Waals surface area (Å²) in [6.45, 7) is 0.0160. The highest BCUT2D eigenvalue weighted by Gasteiger charge is 2.16. The van der Waals surface area contributed by atoms with Gasteiger partial charge in [0.05, 0.1) is 30.0 Å². The second-order valence-corrected chi connectivity index (χ2v) is 4.77. The fourth-order valence-corrected chi connectivity index (χ4v) is 2.19. The van der Waals surface area contributed by atoms with E-state index < -0.39 is 17.4 Å². The Kier molecular flexibility index (Phi) is 4.50. The number of nitriles is 2. The molecule has 110 valence electrons. The molecule has 2 rings (SSSR count). The third-order valence-electron chi connectivity index (χ3n) is 3.28. The fourth-order valence-electron chi connectivity index (χ4n) is 2.19. The Morgan fingerprint density at radius 2 is 2.00 bits per heavy atom. The van der Waals surface area contributed by atoms with Gasteiger partial charge in [0.15, 0.2) is 5.69 Å². The van der Waals surface area contributed by atoms with Crippen LogP contribution in [-0.4, -0.2) is 15.7 Å². The lowest BCUT2D eigenvalue weighted by atomic mass is 10.1. The van der Waals surface area contributed by atoms with Crippen LogP contribution in [0.2, 0.25) is 0 Å². The van der Waals surface area contributed by atoms with Crippen molar-refractivity contribution in [1.29, 1.82) is 10.5 Å². The van der Waals surface area contributed by atoms with Crippen LogP contribution in [-0.2, 0) is 6.54 Å². The molecule has 0 radical (unpaired) electrons. The maximum atomic E-state index is 12.4. The molecule has 1 aromatic carbocycles. The number of nitrogens with two attached hydrogens (primary N) is 1. The van der Waals surface area contributed by atoms with Crippen LogP contribution in [0.4, 0.5) is 0 Å². The summed E-state index contributed by atoms with van der Waals surface area (Å²) >= 11 is 0. The number of hydrogen-bond donors (Lipinski definition) is 1.